The molecule has 44 heavy (non-hydrogen) atoms. The van der Waals surface area contributed by atoms with Crippen LogP contribution in [0.1, 0.15) is 58.6 Å². The normalized spacial score (nSPS) is 29.1. The first-order valence-corrected chi connectivity index (χ1v) is 16.2. The summed E-state index contributed by atoms with van der Waals surface area (Å²) in [4.78, 5) is 58.0. The highest BCUT2D eigenvalue weighted by molar-refractivity contribution is 9.09. The molecule has 1 spiro atoms. The summed E-state index contributed by atoms with van der Waals surface area (Å²) in [6.07, 6.45) is 2.84. The fourth-order valence-corrected chi connectivity index (χ4v) is 7.91. The van der Waals surface area contributed by atoms with E-state index in [2.05, 4.69) is 34.4 Å². The summed E-state index contributed by atoms with van der Waals surface area (Å²) in [6, 6.07) is 6.62. The van der Waals surface area contributed by atoms with Gasteiger partial charge in [0.25, 0.3) is 0 Å². The highest BCUT2D eigenvalue weighted by atomic mass is 79.9. The number of hydrogen-bond donors (Lipinski definition) is 2. The second kappa shape index (κ2) is 14.0. The summed E-state index contributed by atoms with van der Waals surface area (Å²) in [5, 5.41) is 13.1. The highest BCUT2D eigenvalue weighted by Crippen LogP contribution is 2.61. The molecule has 2 bridgehead atoms. The molecule has 3 heterocycles. The topological polar surface area (TPSA) is 125 Å². The van der Waals surface area contributed by atoms with Crippen molar-refractivity contribution in [3.63, 3.8) is 0 Å². The van der Waals surface area contributed by atoms with Gasteiger partial charge in [-0.1, -0.05) is 58.4 Å². The maximum absolute atomic E-state index is 14.2. The number of hydrogen-bond acceptors (Lipinski definition) is 7. The third kappa shape index (κ3) is 6.10. The molecule has 0 radical (unpaired) electrons. The summed E-state index contributed by atoms with van der Waals surface area (Å²) >= 11 is 3.68. The first-order valence-electron chi connectivity index (χ1n) is 15.2. The molecular weight excluding hydrogens is 630 g/mol. The highest BCUT2D eigenvalue weighted by Gasteiger charge is 2.77. The van der Waals surface area contributed by atoms with E-state index in [4.69, 9.17) is 9.47 Å². The fourth-order valence-electron chi connectivity index (χ4n) is 6.97. The molecule has 0 aliphatic carbocycles. The third-order valence-electron chi connectivity index (χ3n) is 8.99. The van der Waals surface area contributed by atoms with Crippen LogP contribution in [0.5, 0.6) is 0 Å². The minimum Gasteiger partial charge on any atom is -0.455 e. The quantitative estimate of drug-likeness (QED) is 0.176. The van der Waals surface area contributed by atoms with Crippen molar-refractivity contribution in [3.05, 3.63) is 61.2 Å². The first kappa shape index (κ1) is 33.9. The molecule has 3 aliphatic heterocycles. The number of allylic oxidation sites excluding steroid dienone is 1. The van der Waals surface area contributed by atoms with E-state index in [1.54, 1.807) is 30.9 Å². The van der Waals surface area contributed by atoms with E-state index < -0.39 is 59.6 Å². The number of carbonyl (C=O) groups excluding carboxylic acids is 4. The Labute approximate surface area is 267 Å². The van der Waals surface area contributed by atoms with E-state index >= 15 is 0 Å². The van der Waals surface area contributed by atoms with E-state index in [1.165, 1.54) is 4.90 Å². The Kier molecular flexibility index (Phi) is 10.7. The van der Waals surface area contributed by atoms with Crippen LogP contribution in [0.2, 0.25) is 0 Å². The summed E-state index contributed by atoms with van der Waals surface area (Å²) < 4.78 is 12.8. The fraction of sp³-hybridized carbons (Fsp3) is 0.576. The van der Waals surface area contributed by atoms with Crippen LogP contribution in [0.3, 0.4) is 0 Å². The zero-order valence-electron chi connectivity index (χ0n) is 25.9. The van der Waals surface area contributed by atoms with Crippen molar-refractivity contribution >= 4 is 39.6 Å². The number of benzene rings is 1. The van der Waals surface area contributed by atoms with Gasteiger partial charge < -0.3 is 29.7 Å². The third-order valence-corrected chi connectivity index (χ3v) is 9.84. The second-order valence-electron chi connectivity index (χ2n) is 12.3. The summed E-state index contributed by atoms with van der Waals surface area (Å²) in [5.41, 5.74) is -0.605. The van der Waals surface area contributed by atoms with Gasteiger partial charge in [-0.15, -0.1) is 13.2 Å². The van der Waals surface area contributed by atoms with Crippen molar-refractivity contribution < 1.29 is 33.8 Å². The van der Waals surface area contributed by atoms with Crippen LogP contribution in [0.25, 0.3) is 0 Å². The molecule has 2 N–H and O–H groups in total. The molecular formula is C33H44BrN3O7. The van der Waals surface area contributed by atoms with Crippen LogP contribution in [0.4, 0.5) is 0 Å². The summed E-state index contributed by atoms with van der Waals surface area (Å²) in [6.45, 7) is 14.6. The van der Waals surface area contributed by atoms with E-state index in [1.807, 2.05) is 44.2 Å². The Morgan fingerprint density at radius 1 is 1.20 bits per heavy atom. The molecule has 3 fully saturated rings. The minimum atomic E-state index is -1.29. The number of likely N-dealkylation sites (tertiary alicyclic amines) is 1. The van der Waals surface area contributed by atoms with Crippen LogP contribution >= 0.6 is 15.9 Å². The van der Waals surface area contributed by atoms with Gasteiger partial charge in [0.05, 0.1) is 36.6 Å². The van der Waals surface area contributed by atoms with E-state index in [-0.39, 0.29) is 42.3 Å². The van der Waals surface area contributed by atoms with Crippen molar-refractivity contribution in [2.45, 2.75) is 93.8 Å². The van der Waals surface area contributed by atoms with E-state index in [0.717, 1.165) is 0 Å². The second-order valence-corrected chi connectivity index (χ2v) is 13.4. The van der Waals surface area contributed by atoms with Gasteiger partial charge in [0.1, 0.15) is 17.7 Å². The average Bonchev–Trinajstić information content (AvgIpc) is 3.60. The smallest absolute Gasteiger partial charge is 0.313 e. The lowest BCUT2D eigenvalue weighted by atomic mass is 9.70. The summed E-state index contributed by atoms with van der Waals surface area (Å²) in [7, 11) is 0. The number of aliphatic hydroxyl groups is 1. The number of ether oxygens (including phenoxy) is 2. The number of aliphatic hydroxyl groups excluding tert-OH is 1. The van der Waals surface area contributed by atoms with Gasteiger partial charge in [-0.3, -0.25) is 19.2 Å². The molecule has 1 unspecified atom stereocenters. The molecule has 1 aromatic rings. The number of carbonyl (C=O) groups is 4. The summed E-state index contributed by atoms with van der Waals surface area (Å²) in [5.74, 6) is -3.57. The monoisotopic (exact) mass is 673 g/mol. The molecule has 11 heteroatoms. The van der Waals surface area contributed by atoms with Gasteiger partial charge in [-0.2, -0.15) is 0 Å². The van der Waals surface area contributed by atoms with Crippen LogP contribution in [-0.4, -0.2) is 92.4 Å². The van der Waals surface area contributed by atoms with Crippen LogP contribution in [0, 0.1) is 11.8 Å². The molecule has 0 aromatic heterocycles. The lowest BCUT2D eigenvalue weighted by Gasteiger charge is -2.39. The van der Waals surface area contributed by atoms with Crippen molar-refractivity contribution in [3.8, 4) is 0 Å². The zero-order chi connectivity index (χ0) is 32.3. The van der Waals surface area contributed by atoms with Gasteiger partial charge in [0.15, 0.2) is 0 Å². The molecule has 9 atom stereocenters. The number of rotatable bonds is 14. The molecule has 1 aromatic carbocycles. The Morgan fingerprint density at radius 3 is 2.48 bits per heavy atom. The number of fused-ring (bicyclic) bond motifs is 1. The molecule has 3 amide bonds. The Hall–Kier alpha value is -3.02. The number of halogens is 1. The van der Waals surface area contributed by atoms with Crippen molar-refractivity contribution in [1.29, 1.82) is 0 Å². The van der Waals surface area contributed by atoms with Crippen LogP contribution in [-0.2, 0) is 28.7 Å². The Bertz CT molecular complexity index is 1260. The van der Waals surface area contributed by atoms with Gasteiger partial charge in [-0.25, -0.2) is 0 Å². The van der Waals surface area contributed by atoms with Crippen molar-refractivity contribution in [2.75, 3.05) is 13.2 Å². The minimum absolute atomic E-state index is 0.189. The zero-order valence-corrected chi connectivity index (χ0v) is 27.4. The predicted molar refractivity (Wildman–Crippen MR) is 168 cm³/mol. The van der Waals surface area contributed by atoms with E-state index in [0.29, 0.717) is 18.4 Å². The maximum Gasteiger partial charge on any atom is 0.313 e. The lowest BCUT2D eigenvalue weighted by Crippen LogP contribution is -2.59. The van der Waals surface area contributed by atoms with Gasteiger partial charge >= 0.3 is 5.97 Å². The molecule has 3 aliphatic rings. The van der Waals surface area contributed by atoms with Crippen LogP contribution < -0.4 is 5.32 Å². The Morgan fingerprint density at radius 2 is 1.89 bits per heavy atom. The first-order chi connectivity index (χ1) is 20.9. The molecule has 3 saturated heterocycles. The average molecular weight is 675 g/mol. The van der Waals surface area contributed by atoms with Gasteiger partial charge in [0, 0.05) is 23.8 Å². The van der Waals surface area contributed by atoms with Crippen molar-refractivity contribution in [1.82, 2.24) is 15.1 Å². The predicted octanol–water partition coefficient (Wildman–Crippen LogP) is 3.29. The lowest BCUT2D eigenvalue weighted by molar-refractivity contribution is -0.162. The molecule has 0 saturated carbocycles. The SMILES string of the molecule is C=CCCC(=O)N[C@@H](C)[C@H](OC(=O)[C@H]1[C@@H]2O[C@@]3(CC2Br)[C@@H]1C(=O)N([C@H](C)CO)[C@@H]3C(=O)N(CC=C)C(C)C)c1ccccc1. The van der Waals surface area contributed by atoms with Gasteiger partial charge in [0.2, 0.25) is 17.7 Å². The maximum atomic E-state index is 14.2. The number of amides is 3. The van der Waals surface area contributed by atoms with E-state index in [9.17, 15) is 24.3 Å². The number of alkyl halides is 1. The molecule has 240 valence electrons. The number of esters is 1. The Balaban J connectivity index is 1.70. The van der Waals surface area contributed by atoms with Gasteiger partial charge in [-0.05, 0) is 46.1 Å². The number of nitrogens with zero attached hydrogens (tertiary/aromatic N) is 2. The molecule has 4 rings (SSSR count). The molecule has 10 nitrogen and oxygen atoms in total. The standard InChI is InChI=1S/C33H44BrN3O7/c1-7-9-15-24(39)35-21(6)27(22-13-11-10-12-14-22)43-32(42)25-26-30(40)37(20(5)18-38)29(31(41)36(16-8-2)19(3)4)33(26)17-23(34)28(25)44-33/h7-8,10-14,19-21,23,25-29,38H,1-2,9,15-18H2,3-6H3,(H,35,39)/t20-,21+,23?,25-,26+,27+,28-,29-,33+/m1/s1. The van der Waals surface area contributed by atoms with Crippen LogP contribution in [0.15, 0.2) is 55.6 Å². The number of nitrogens with one attached hydrogen (secondary N) is 1. The van der Waals surface area contributed by atoms with Crippen molar-refractivity contribution in [2.24, 2.45) is 11.8 Å². The largest absolute Gasteiger partial charge is 0.455 e.